The molecule has 2 aliphatic heterocycles. The predicted octanol–water partition coefficient (Wildman–Crippen LogP) is 3.41. The van der Waals surface area contributed by atoms with Crippen LogP contribution in [-0.4, -0.2) is 35.1 Å². The van der Waals surface area contributed by atoms with Gasteiger partial charge in [-0.2, -0.15) is 0 Å². The van der Waals surface area contributed by atoms with E-state index in [0.29, 0.717) is 6.04 Å². The highest BCUT2D eigenvalue weighted by Crippen LogP contribution is 2.34. The molecule has 0 radical (unpaired) electrons. The highest BCUT2D eigenvalue weighted by atomic mass is 16.5. The number of aromatic nitrogens is 1. The van der Waals surface area contributed by atoms with Gasteiger partial charge in [-0.25, -0.2) is 0 Å². The van der Waals surface area contributed by atoms with Crippen molar-refractivity contribution in [1.82, 2.24) is 10.1 Å². The van der Waals surface area contributed by atoms with E-state index in [1.165, 1.54) is 12.0 Å². The molecule has 0 unspecified atom stereocenters. The average Bonchev–Trinajstić information content (AvgIpc) is 3.14. The maximum atomic E-state index is 13.4. The summed E-state index contributed by atoms with van der Waals surface area (Å²) in [5.41, 5.74) is 4.03. The Morgan fingerprint density at radius 2 is 2.12 bits per heavy atom. The van der Waals surface area contributed by atoms with Gasteiger partial charge in [-0.3, -0.25) is 9.69 Å². The molecule has 0 aliphatic carbocycles. The van der Waals surface area contributed by atoms with Gasteiger partial charge in [-0.05, 0) is 51.8 Å². The number of hydrogen-bond acceptors (Lipinski definition) is 4. The Balaban J connectivity index is 1.71. The zero-order valence-corrected chi connectivity index (χ0v) is 15.2. The summed E-state index contributed by atoms with van der Waals surface area (Å²) in [4.78, 5) is 18.0. The molecule has 2 atom stereocenters. The van der Waals surface area contributed by atoms with Gasteiger partial charge in [0.25, 0.3) is 0 Å². The van der Waals surface area contributed by atoms with Crippen LogP contribution in [0.2, 0.25) is 0 Å². The molecule has 0 saturated carbocycles. The normalized spacial score (nSPS) is 21.6. The standard InChI is InChI=1S/C20H25N3O2/c1-13(19-14(2)21-25-15(19)3)20(24)23-12-17-8-6-10-22(17)11-16-7-4-5-9-18(16)23/h4-5,7,9,13,17H,6,8,10-12H2,1-3H3/t13-,17+/m0/s1. The van der Waals surface area contributed by atoms with E-state index in [1.807, 2.05) is 31.7 Å². The van der Waals surface area contributed by atoms with Gasteiger partial charge in [0.05, 0.1) is 11.6 Å². The Bertz CT molecular complexity index is 778. The molecule has 0 N–H and O–H groups in total. The van der Waals surface area contributed by atoms with Crippen LogP contribution in [0.15, 0.2) is 28.8 Å². The van der Waals surface area contributed by atoms with Crippen molar-refractivity contribution in [2.24, 2.45) is 0 Å². The molecule has 1 saturated heterocycles. The zero-order chi connectivity index (χ0) is 17.6. The summed E-state index contributed by atoms with van der Waals surface area (Å²) < 4.78 is 5.29. The lowest BCUT2D eigenvalue weighted by Crippen LogP contribution is -2.42. The molecule has 2 aromatic rings. The molecule has 5 heteroatoms. The summed E-state index contributed by atoms with van der Waals surface area (Å²) in [5, 5.41) is 4.03. The summed E-state index contributed by atoms with van der Waals surface area (Å²) in [6, 6.07) is 8.77. The third-order valence-electron chi connectivity index (χ3n) is 5.71. The number of hydrogen-bond donors (Lipinski definition) is 0. The van der Waals surface area contributed by atoms with E-state index in [2.05, 4.69) is 28.3 Å². The molecule has 25 heavy (non-hydrogen) atoms. The van der Waals surface area contributed by atoms with E-state index in [0.717, 1.165) is 48.8 Å². The van der Waals surface area contributed by atoms with Gasteiger partial charge < -0.3 is 9.42 Å². The van der Waals surface area contributed by atoms with E-state index in [9.17, 15) is 4.79 Å². The first-order chi connectivity index (χ1) is 12.1. The summed E-state index contributed by atoms with van der Waals surface area (Å²) in [6.45, 7) is 8.59. The molecule has 1 fully saturated rings. The molecule has 3 heterocycles. The van der Waals surface area contributed by atoms with Gasteiger partial charge in [-0.15, -0.1) is 0 Å². The van der Waals surface area contributed by atoms with Gasteiger partial charge in [0.2, 0.25) is 5.91 Å². The molecule has 2 aliphatic rings. The maximum Gasteiger partial charge on any atom is 0.234 e. The van der Waals surface area contributed by atoms with Crippen LogP contribution >= 0.6 is 0 Å². The van der Waals surface area contributed by atoms with Gasteiger partial charge in [0.1, 0.15) is 5.76 Å². The third kappa shape index (κ3) is 2.76. The molecule has 5 nitrogen and oxygen atoms in total. The Hall–Kier alpha value is -2.14. The predicted molar refractivity (Wildman–Crippen MR) is 96.6 cm³/mol. The molecule has 4 rings (SSSR count). The third-order valence-corrected chi connectivity index (χ3v) is 5.71. The molecular weight excluding hydrogens is 314 g/mol. The highest BCUT2D eigenvalue weighted by Gasteiger charge is 2.36. The summed E-state index contributed by atoms with van der Waals surface area (Å²) in [6.07, 6.45) is 2.38. The monoisotopic (exact) mass is 339 g/mol. The van der Waals surface area contributed by atoms with E-state index >= 15 is 0 Å². The maximum absolute atomic E-state index is 13.4. The van der Waals surface area contributed by atoms with E-state index in [-0.39, 0.29) is 11.8 Å². The Morgan fingerprint density at radius 3 is 2.88 bits per heavy atom. The number of para-hydroxylation sites is 1. The lowest BCUT2D eigenvalue weighted by atomic mass is 9.97. The Kier molecular flexibility index (Phi) is 4.12. The number of rotatable bonds is 2. The molecular formula is C20H25N3O2. The van der Waals surface area contributed by atoms with Gasteiger partial charge in [0.15, 0.2) is 0 Å². The number of aryl methyl sites for hydroxylation is 2. The van der Waals surface area contributed by atoms with Crippen molar-refractivity contribution < 1.29 is 9.32 Å². The minimum absolute atomic E-state index is 0.135. The van der Waals surface area contributed by atoms with Crippen molar-refractivity contribution in [1.29, 1.82) is 0 Å². The van der Waals surface area contributed by atoms with Gasteiger partial charge in [0, 0.05) is 30.4 Å². The minimum Gasteiger partial charge on any atom is -0.361 e. The summed E-state index contributed by atoms with van der Waals surface area (Å²) in [7, 11) is 0. The second kappa shape index (κ2) is 6.30. The van der Waals surface area contributed by atoms with Crippen molar-refractivity contribution in [2.75, 3.05) is 18.0 Å². The van der Waals surface area contributed by atoms with Crippen LogP contribution in [0.5, 0.6) is 0 Å². The number of fused-ring (bicyclic) bond motifs is 2. The van der Waals surface area contributed by atoms with Crippen LogP contribution in [0.4, 0.5) is 5.69 Å². The van der Waals surface area contributed by atoms with E-state index in [1.54, 1.807) is 0 Å². The van der Waals surface area contributed by atoms with E-state index in [4.69, 9.17) is 4.52 Å². The van der Waals surface area contributed by atoms with Crippen LogP contribution in [0, 0.1) is 13.8 Å². The second-order valence-corrected chi connectivity index (χ2v) is 7.30. The largest absolute Gasteiger partial charge is 0.361 e. The van der Waals surface area contributed by atoms with E-state index < -0.39 is 0 Å². The number of carbonyl (C=O) groups excluding carboxylic acids is 1. The topological polar surface area (TPSA) is 49.6 Å². The quantitative estimate of drug-likeness (QED) is 0.841. The molecule has 0 spiro atoms. The first-order valence-corrected chi connectivity index (χ1v) is 9.12. The molecule has 132 valence electrons. The van der Waals surface area contributed by atoms with Crippen molar-refractivity contribution >= 4 is 11.6 Å². The average molecular weight is 339 g/mol. The second-order valence-electron chi connectivity index (χ2n) is 7.30. The number of benzene rings is 1. The van der Waals surface area contributed by atoms with Crippen LogP contribution in [0.1, 0.15) is 48.3 Å². The Labute approximate surface area is 148 Å². The van der Waals surface area contributed by atoms with Crippen LogP contribution in [0.3, 0.4) is 0 Å². The fourth-order valence-electron chi connectivity index (χ4n) is 4.42. The van der Waals surface area contributed by atoms with Crippen LogP contribution < -0.4 is 4.90 Å². The number of nitrogens with zero attached hydrogens (tertiary/aromatic N) is 3. The van der Waals surface area contributed by atoms with Gasteiger partial charge in [-0.1, -0.05) is 23.4 Å². The number of anilines is 1. The fraction of sp³-hybridized carbons (Fsp3) is 0.500. The van der Waals surface area contributed by atoms with Crippen molar-refractivity contribution in [3.8, 4) is 0 Å². The lowest BCUT2D eigenvalue weighted by Gasteiger charge is -2.28. The minimum atomic E-state index is -0.257. The zero-order valence-electron chi connectivity index (χ0n) is 15.2. The molecule has 1 aromatic heterocycles. The molecule has 1 aromatic carbocycles. The number of amides is 1. The van der Waals surface area contributed by atoms with Gasteiger partial charge >= 0.3 is 0 Å². The molecule has 1 amide bonds. The van der Waals surface area contributed by atoms with Crippen molar-refractivity contribution in [3.63, 3.8) is 0 Å². The highest BCUT2D eigenvalue weighted by molar-refractivity contribution is 5.99. The number of carbonyl (C=O) groups is 1. The van der Waals surface area contributed by atoms with Crippen LogP contribution in [0.25, 0.3) is 0 Å². The van der Waals surface area contributed by atoms with Crippen molar-refractivity contribution in [2.45, 2.75) is 52.1 Å². The first-order valence-electron chi connectivity index (χ1n) is 9.12. The first kappa shape index (κ1) is 16.3. The summed E-state index contributed by atoms with van der Waals surface area (Å²) in [5.74, 6) is 0.617. The molecule has 0 bridgehead atoms. The lowest BCUT2D eigenvalue weighted by molar-refractivity contribution is -0.119. The summed E-state index contributed by atoms with van der Waals surface area (Å²) >= 11 is 0. The van der Waals surface area contributed by atoms with Crippen molar-refractivity contribution in [3.05, 3.63) is 46.8 Å². The smallest absolute Gasteiger partial charge is 0.234 e. The fourth-order valence-corrected chi connectivity index (χ4v) is 4.42. The van der Waals surface area contributed by atoms with Crippen LogP contribution in [-0.2, 0) is 11.3 Å². The SMILES string of the molecule is Cc1noc(C)c1[C@H](C)C(=O)N1C[C@H]2CCCN2Cc2ccccc21. The Morgan fingerprint density at radius 1 is 1.32 bits per heavy atom.